The number of hydrogen-bond acceptors (Lipinski definition) is 5. The molecule has 5 rings (SSSR count). The van der Waals surface area contributed by atoms with Gasteiger partial charge in [-0.05, 0) is 57.0 Å². The van der Waals surface area contributed by atoms with Crippen LogP contribution in [-0.2, 0) is 5.60 Å². The Kier molecular flexibility index (Phi) is 6.57. The van der Waals surface area contributed by atoms with Gasteiger partial charge < -0.3 is 9.47 Å². The largest absolute Gasteiger partial charge is 0.482 e. The molecular formula is C25H24Cl2F2N4O3. The van der Waals surface area contributed by atoms with E-state index in [0.717, 1.165) is 32.4 Å². The van der Waals surface area contributed by atoms with E-state index in [1.54, 1.807) is 42.8 Å². The summed E-state index contributed by atoms with van der Waals surface area (Å²) in [4.78, 5) is 13.5. The van der Waals surface area contributed by atoms with Gasteiger partial charge >= 0.3 is 6.61 Å². The Hall–Kier alpha value is -2.88. The summed E-state index contributed by atoms with van der Waals surface area (Å²) in [7, 11) is 0. The van der Waals surface area contributed by atoms with Crippen molar-refractivity contribution in [3.63, 3.8) is 0 Å². The number of amides is 1. The highest BCUT2D eigenvalue weighted by Crippen LogP contribution is 2.49. The van der Waals surface area contributed by atoms with Crippen LogP contribution in [0.25, 0.3) is 16.9 Å². The summed E-state index contributed by atoms with van der Waals surface area (Å²) < 4.78 is 38.1. The van der Waals surface area contributed by atoms with E-state index in [1.165, 1.54) is 12.1 Å². The van der Waals surface area contributed by atoms with Crippen LogP contribution in [0.5, 0.6) is 11.5 Å². The van der Waals surface area contributed by atoms with E-state index in [4.69, 9.17) is 33.0 Å². The first-order valence-electron chi connectivity index (χ1n) is 11.6. The number of rotatable bonds is 5. The highest BCUT2D eigenvalue weighted by Gasteiger charge is 2.42. The number of carbonyl (C=O) groups excluding carboxylic acids is 1. The molecule has 1 saturated heterocycles. The minimum Gasteiger partial charge on any atom is -0.482 e. The van der Waals surface area contributed by atoms with E-state index in [2.05, 4.69) is 10.2 Å². The quantitative estimate of drug-likeness (QED) is 0.420. The number of alkyl halides is 2. The zero-order chi connectivity index (χ0) is 25.6. The Morgan fingerprint density at radius 3 is 2.58 bits per heavy atom. The molecule has 0 aliphatic carbocycles. The van der Waals surface area contributed by atoms with Crippen LogP contribution in [0.4, 0.5) is 8.78 Å². The molecule has 0 radical (unpaired) electrons. The number of hydrogen-bond donors (Lipinski definition) is 1. The summed E-state index contributed by atoms with van der Waals surface area (Å²) in [5.74, 6) is -0.0868. The minimum atomic E-state index is -2.97. The molecule has 3 heterocycles. The van der Waals surface area contributed by atoms with Crippen LogP contribution in [0.3, 0.4) is 0 Å². The lowest BCUT2D eigenvalue weighted by Crippen LogP contribution is -2.46. The number of hydrazine groups is 1. The number of fused-ring (bicyclic) bond motifs is 3. The van der Waals surface area contributed by atoms with Gasteiger partial charge in [0.15, 0.2) is 5.69 Å². The second kappa shape index (κ2) is 9.53. The maximum absolute atomic E-state index is 13.5. The summed E-state index contributed by atoms with van der Waals surface area (Å²) in [6.45, 7) is 2.13. The number of piperidine rings is 1. The Labute approximate surface area is 216 Å². The molecule has 3 aromatic rings. The van der Waals surface area contributed by atoms with Gasteiger partial charge in [-0.15, -0.1) is 0 Å². The maximum atomic E-state index is 13.5. The van der Waals surface area contributed by atoms with E-state index in [1.807, 2.05) is 5.01 Å². The summed E-state index contributed by atoms with van der Waals surface area (Å²) in [6.07, 6.45) is 3.12. The van der Waals surface area contributed by atoms with Crippen molar-refractivity contribution in [3.05, 3.63) is 57.7 Å². The van der Waals surface area contributed by atoms with Crippen molar-refractivity contribution in [1.29, 1.82) is 0 Å². The average Bonchev–Trinajstić information content (AvgIpc) is 3.21. The average molecular weight is 537 g/mol. The molecule has 36 heavy (non-hydrogen) atoms. The van der Waals surface area contributed by atoms with E-state index >= 15 is 0 Å². The van der Waals surface area contributed by atoms with Gasteiger partial charge in [-0.1, -0.05) is 29.6 Å². The molecular weight excluding hydrogens is 513 g/mol. The van der Waals surface area contributed by atoms with E-state index in [-0.39, 0.29) is 17.4 Å². The lowest BCUT2D eigenvalue weighted by atomic mass is 9.88. The first kappa shape index (κ1) is 24.8. The second-order valence-corrected chi connectivity index (χ2v) is 10.1. The number of nitrogens with one attached hydrogen (secondary N) is 1. The topological polar surface area (TPSA) is 68.6 Å². The first-order valence-corrected chi connectivity index (χ1v) is 12.3. The van der Waals surface area contributed by atoms with Crippen LogP contribution in [0.15, 0.2) is 36.4 Å². The zero-order valence-corrected chi connectivity index (χ0v) is 21.2. The van der Waals surface area contributed by atoms with Crippen LogP contribution in [0, 0.1) is 0 Å². The number of halogens is 4. The Balaban J connectivity index is 1.69. The fourth-order valence-electron chi connectivity index (χ4n) is 4.71. The number of nitrogens with zero attached hydrogens (tertiary/aromatic N) is 3. The van der Waals surface area contributed by atoms with Gasteiger partial charge in [-0.3, -0.25) is 10.2 Å². The second-order valence-electron chi connectivity index (χ2n) is 9.22. The van der Waals surface area contributed by atoms with Crippen molar-refractivity contribution in [2.24, 2.45) is 0 Å². The third-order valence-corrected chi connectivity index (χ3v) is 6.79. The van der Waals surface area contributed by atoms with Gasteiger partial charge in [0.1, 0.15) is 17.1 Å². The Bertz CT molecular complexity index is 1320. The Morgan fingerprint density at radius 2 is 1.89 bits per heavy atom. The molecule has 7 nitrogen and oxygen atoms in total. The van der Waals surface area contributed by atoms with Crippen LogP contribution < -0.4 is 14.9 Å². The molecule has 11 heteroatoms. The van der Waals surface area contributed by atoms with Gasteiger partial charge in [-0.25, -0.2) is 9.69 Å². The van der Waals surface area contributed by atoms with Gasteiger partial charge in [0, 0.05) is 29.7 Å². The van der Waals surface area contributed by atoms with Gasteiger partial charge in [-0.2, -0.15) is 13.9 Å². The van der Waals surface area contributed by atoms with Gasteiger partial charge in [0.25, 0.3) is 5.91 Å². The molecule has 2 aliphatic heterocycles. The normalized spacial score (nSPS) is 16.8. The number of ether oxygens (including phenoxy) is 2. The molecule has 0 bridgehead atoms. The van der Waals surface area contributed by atoms with E-state index < -0.39 is 12.2 Å². The molecule has 0 saturated carbocycles. The number of aromatic nitrogens is 2. The fourth-order valence-corrected chi connectivity index (χ4v) is 5.20. The minimum absolute atomic E-state index is 0.0401. The predicted octanol–water partition coefficient (Wildman–Crippen LogP) is 6.21. The highest BCUT2D eigenvalue weighted by atomic mass is 35.5. The standard InChI is InChI=1S/C25H24Cl2F2N4O3/c1-25(2)20-21(23(34)31-32-10-4-3-5-11-32)30-33(18-9-6-14(26)12-17(18)27)22(20)16-8-7-15(35-24(28)29)13-19(16)36-25/h6-9,12-13,24H,3-5,10-11H2,1-2H3,(H,31,34). The van der Waals surface area contributed by atoms with Crippen LogP contribution >= 0.6 is 23.2 Å². The fraction of sp³-hybridized carbons (Fsp3) is 0.360. The van der Waals surface area contributed by atoms with E-state index in [9.17, 15) is 13.6 Å². The van der Waals surface area contributed by atoms with Crippen LogP contribution in [0.1, 0.15) is 49.2 Å². The third kappa shape index (κ3) is 4.63. The molecule has 1 N–H and O–H groups in total. The van der Waals surface area contributed by atoms with Crippen LogP contribution in [-0.4, -0.2) is 40.4 Å². The monoisotopic (exact) mass is 536 g/mol. The summed E-state index contributed by atoms with van der Waals surface area (Å²) in [6, 6.07) is 9.40. The summed E-state index contributed by atoms with van der Waals surface area (Å²) in [5, 5.41) is 7.38. The molecule has 0 atom stereocenters. The maximum Gasteiger partial charge on any atom is 0.387 e. The van der Waals surface area contributed by atoms with Crippen molar-refractivity contribution in [2.75, 3.05) is 13.1 Å². The van der Waals surface area contributed by atoms with Crippen molar-refractivity contribution < 1.29 is 23.0 Å². The summed E-state index contributed by atoms with van der Waals surface area (Å²) in [5.41, 5.74) is 4.31. The molecule has 0 unspecified atom stereocenters. The Morgan fingerprint density at radius 1 is 1.14 bits per heavy atom. The molecule has 2 aromatic carbocycles. The lowest BCUT2D eigenvalue weighted by Gasteiger charge is -2.34. The predicted molar refractivity (Wildman–Crippen MR) is 132 cm³/mol. The number of benzene rings is 2. The molecule has 190 valence electrons. The SMILES string of the molecule is CC1(C)Oc2cc(OC(F)F)ccc2-c2c1c(C(=O)NN1CCCCC1)nn2-c1ccc(Cl)cc1Cl. The lowest BCUT2D eigenvalue weighted by molar-refractivity contribution is -0.0500. The first-order chi connectivity index (χ1) is 17.1. The van der Waals surface area contributed by atoms with Gasteiger partial charge in [0.2, 0.25) is 0 Å². The van der Waals surface area contributed by atoms with Crippen molar-refractivity contribution in [2.45, 2.75) is 45.3 Å². The van der Waals surface area contributed by atoms with Crippen molar-refractivity contribution >= 4 is 29.1 Å². The molecule has 1 aromatic heterocycles. The zero-order valence-electron chi connectivity index (χ0n) is 19.7. The third-order valence-electron chi connectivity index (χ3n) is 6.25. The molecule has 2 aliphatic rings. The van der Waals surface area contributed by atoms with Gasteiger partial charge in [0.05, 0.1) is 22.0 Å². The molecule has 1 amide bonds. The molecule has 1 fully saturated rings. The summed E-state index contributed by atoms with van der Waals surface area (Å²) >= 11 is 12.7. The highest BCUT2D eigenvalue weighted by molar-refractivity contribution is 6.35. The number of carbonyl (C=O) groups is 1. The van der Waals surface area contributed by atoms with Crippen molar-refractivity contribution in [3.8, 4) is 28.4 Å². The van der Waals surface area contributed by atoms with E-state index in [0.29, 0.717) is 38.3 Å². The van der Waals surface area contributed by atoms with Crippen molar-refractivity contribution in [1.82, 2.24) is 20.2 Å². The molecule has 0 spiro atoms. The van der Waals surface area contributed by atoms with Crippen LogP contribution in [0.2, 0.25) is 10.0 Å². The smallest absolute Gasteiger partial charge is 0.387 e.